The molecule has 124 valence electrons. The van der Waals surface area contributed by atoms with Crippen molar-refractivity contribution in [3.63, 3.8) is 0 Å². The predicted molar refractivity (Wildman–Crippen MR) is 101 cm³/mol. The molecule has 0 radical (unpaired) electrons. The van der Waals surface area contributed by atoms with Crippen molar-refractivity contribution >= 4 is 33.8 Å². The Morgan fingerprint density at radius 3 is 2.83 bits per heavy atom. The number of hydrogen-bond acceptors (Lipinski definition) is 4. The van der Waals surface area contributed by atoms with E-state index in [-0.39, 0.29) is 5.91 Å². The lowest BCUT2D eigenvalue weighted by Crippen LogP contribution is -2.38. The number of carbonyl (C=O) groups excluding carboxylic acids is 1. The van der Waals surface area contributed by atoms with E-state index in [1.54, 1.807) is 11.8 Å². The van der Waals surface area contributed by atoms with Crippen LogP contribution in [0.15, 0.2) is 29.3 Å². The monoisotopic (exact) mass is 348 g/mol. The molecule has 1 heterocycles. The van der Waals surface area contributed by atoms with Crippen LogP contribution in [0.5, 0.6) is 0 Å². The molecule has 0 aromatic heterocycles. The van der Waals surface area contributed by atoms with Crippen LogP contribution in [0.3, 0.4) is 0 Å². The van der Waals surface area contributed by atoms with Crippen molar-refractivity contribution < 1.29 is 4.79 Å². The van der Waals surface area contributed by atoms with E-state index in [1.807, 2.05) is 41.9 Å². The van der Waals surface area contributed by atoms with Gasteiger partial charge in [-0.25, -0.2) is 0 Å². The number of carbonyl (C=O) groups is 1. The summed E-state index contributed by atoms with van der Waals surface area (Å²) in [5.74, 6) is 2.09. The van der Waals surface area contributed by atoms with E-state index in [0.29, 0.717) is 6.04 Å². The number of nitrogens with zero attached hydrogens (tertiary/aromatic N) is 2. The van der Waals surface area contributed by atoms with Crippen molar-refractivity contribution in [2.24, 2.45) is 4.99 Å². The van der Waals surface area contributed by atoms with Gasteiger partial charge in [0.1, 0.15) is 4.38 Å². The molecule has 3 rings (SSSR count). The molecule has 0 atom stereocenters. The highest BCUT2D eigenvalue weighted by atomic mass is 32.2. The van der Waals surface area contributed by atoms with E-state index in [1.165, 1.54) is 19.3 Å². The van der Waals surface area contributed by atoms with Crippen molar-refractivity contribution in [1.82, 2.24) is 4.90 Å². The van der Waals surface area contributed by atoms with Crippen molar-refractivity contribution in [1.29, 1.82) is 0 Å². The molecule has 0 saturated heterocycles. The molecule has 1 fully saturated rings. The molecular formula is C18H24N2OS2. The summed E-state index contributed by atoms with van der Waals surface area (Å²) in [6, 6.07) is 8.46. The topological polar surface area (TPSA) is 32.7 Å². The molecule has 1 aromatic rings. The Morgan fingerprint density at radius 1 is 1.30 bits per heavy atom. The van der Waals surface area contributed by atoms with Crippen LogP contribution < -0.4 is 0 Å². The Labute approximate surface area is 147 Å². The summed E-state index contributed by atoms with van der Waals surface area (Å²) in [5, 5.41) is 0. The smallest absolute Gasteiger partial charge is 0.254 e. The van der Waals surface area contributed by atoms with Gasteiger partial charge in [0, 0.05) is 30.2 Å². The summed E-state index contributed by atoms with van der Waals surface area (Å²) < 4.78 is 1.16. The van der Waals surface area contributed by atoms with Gasteiger partial charge in [-0.3, -0.25) is 9.79 Å². The summed E-state index contributed by atoms with van der Waals surface area (Å²) in [7, 11) is 1.97. The molecule has 1 aromatic carbocycles. The van der Waals surface area contributed by atoms with E-state index in [2.05, 4.69) is 11.1 Å². The average Bonchev–Trinajstić information content (AvgIpc) is 3.13. The highest BCUT2D eigenvalue weighted by Crippen LogP contribution is 2.28. The highest BCUT2D eigenvalue weighted by molar-refractivity contribution is 8.38. The van der Waals surface area contributed by atoms with Crippen LogP contribution in [0.1, 0.15) is 48.0 Å². The zero-order valence-corrected chi connectivity index (χ0v) is 15.3. The van der Waals surface area contributed by atoms with Crippen LogP contribution in [-0.4, -0.2) is 40.6 Å². The molecule has 0 N–H and O–H groups in total. The molecule has 1 amide bonds. The van der Waals surface area contributed by atoms with Crippen molar-refractivity contribution in [2.45, 2.75) is 43.9 Å². The third-order valence-electron chi connectivity index (χ3n) is 4.60. The van der Waals surface area contributed by atoms with Crippen LogP contribution in [0.25, 0.3) is 0 Å². The maximum atomic E-state index is 12.9. The van der Waals surface area contributed by atoms with Gasteiger partial charge in [0.25, 0.3) is 5.91 Å². The van der Waals surface area contributed by atoms with Gasteiger partial charge in [0.2, 0.25) is 0 Å². The van der Waals surface area contributed by atoms with Gasteiger partial charge < -0.3 is 4.90 Å². The van der Waals surface area contributed by atoms with E-state index in [4.69, 9.17) is 0 Å². The number of hydrogen-bond donors (Lipinski definition) is 0. The molecule has 1 saturated carbocycles. The minimum absolute atomic E-state index is 0.175. The van der Waals surface area contributed by atoms with E-state index < -0.39 is 0 Å². The SMILES string of the molecule is CN(C(=O)c1ccccc1CSC1=NCCS1)C1CCCCC1. The van der Waals surface area contributed by atoms with E-state index in [9.17, 15) is 4.79 Å². The number of aliphatic imine (C=N–C) groups is 1. The van der Waals surface area contributed by atoms with Gasteiger partial charge in [-0.05, 0) is 24.5 Å². The minimum Gasteiger partial charge on any atom is -0.339 e. The molecule has 0 unspecified atom stereocenters. The number of benzene rings is 1. The second-order valence-corrected chi connectivity index (χ2v) is 8.46. The second-order valence-electron chi connectivity index (χ2n) is 6.15. The number of amides is 1. The lowest BCUT2D eigenvalue weighted by molar-refractivity contribution is 0.0695. The van der Waals surface area contributed by atoms with Crippen LogP contribution >= 0.6 is 23.5 Å². The molecule has 3 nitrogen and oxygen atoms in total. The molecule has 23 heavy (non-hydrogen) atoms. The summed E-state index contributed by atoms with van der Waals surface area (Å²) in [5.41, 5.74) is 1.98. The number of thioether (sulfide) groups is 2. The van der Waals surface area contributed by atoms with Crippen LogP contribution in [0.4, 0.5) is 0 Å². The lowest BCUT2D eigenvalue weighted by atomic mass is 9.94. The normalized spacial score (nSPS) is 18.7. The van der Waals surface area contributed by atoms with Crippen LogP contribution in [0.2, 0.25) is 0 Å². The zero-order valence-electron chi connectivity index (χ0n) is 13.7. The average molecular weight is 349 g/mol. The fourth-order valence-corrected chi connectivity index (χ4v) is 5.23. The zero-order chi connectivity index (χ0) is 16.1. The Kier molecular flexibility index (Phi) is 6.06. The molecule has 0 bridgehead atoms. The summed E-state index contributed by atoms with van der Waals surface area (Å²) in [6.45, 7) is 0.929. The Morgan fingerprint density at radius 2 is 2.09 bits per heavy atom. The van der Waals surface area contributed by atoms with Crippen LogP contribution in [-0.2, 0) is 5.75 Å². The molecular weight excluding hydrogens is 324 g/mol. The first-order valence-corrected chi connectivity index (χ1v) is 10.4. The molecule has 0 spiro atoms. The van der Waals surface area contributed by atoms with E-state index in [0.717, 1.165) is 46.4 Å². The maximum Gasteiger partial charge on any atom is 0.254 e. The Balaban J connectivity index is 1.69. The fourth-order valence-electron chi connectivity index (χ4n) is 3.22. The van der Waals surface area contributed by atoms with E-state index >= 15 is 0 Å². The number of rotatable bonds is 4. The third-order valence-corrected chi connectivity index (χ3v) is 6.90. The van der Waals surface area contributed by atoms with Gasteiger partial charge in [0.15, 0.2) is 0 Å². The van der Waals surface area contributed by atoms with Gasteiger partial charge >= 0.3 is 0 Å². The largest absolute Gasteiger partial charge is 0.339 e. The van der Waals surface area contributed by atoms with Crippen molar-refractivity contribution in [3.8, 4) is 0 Å². The van der Waals surface area contributed by atoms with Gasteiger partial charge in [-0.2, -0.15) is 0 Å². The summed E-state index contributed by atoms with van der Waals surface area (Å²) >= 11 is 3.58. The summed E-state index contributed by atoms with van der Waals surface area (Å²) in [4.78, 5) is 19.4. The summed E-state index contributed by atoms with van der Waals surface area (Å²) in [6.07, 6.45) is 6.10. The van der Waals surface area contributed by atoms with Crippen LogP contribution in [0, 0.1) is 0 Å². The molecule has 5 heteroatoms. The van der Waals surface area contributed by atoms with Gasteiger partial charge in [0.05, 0.1) is 6.54 Å². The van der Waals surface area contributed by atoms with Gasteiger partial charge in [-0.1, -0.05) is 61.0 Å². The quantitative estimate of drug-likeness (QED) is 0.807. The first kappa shape index (κ1) is 16.9. The fraction of sp³-hybridized carbons (Fsp3) is 0.556. The maximum absolute atomic E-state index is 12.9. The minimum atomic E-state index is 0.175. The van der Waals surface area contributed by atoms with Crippen molar-refractivity contribution in [2.75, 3.05) is 19.3 Å². The lowest BCUT2D eigenvalue weighted by Gasteiger charge is -2.31. The predicted octanol–water partition coefficient (Wildman–Crippen LogP) is 4.43. The molecule has 2 aliphatic rings. The second kappa shape index (κ2) is 8.25. The van der Waals surface area contributed by atoms with Crippen molar-refractivity contribution in [3.05, 3.63) is 35.4 Å². The Bertz CT molecular complexity index is 582. The molecule has 1 aliphatic heterocycles. The molecule has 1 aliphatic carbocycles. The highest BCUT2D eigenvalue weighted by Gasteiger charge is 2.24. The first-order chi connectivity index (χ1) is 11.3. The van der Waals surface area contributed by atoms with Gasteiger partial charge in [-0.15, -0.1) is 0 Å². The first-order valence-electron chi connectivity index (χ1n) is 8.41. The standard InChI is InChI=1S/C18H24N2OS2/c1-20(15-8-3-2-4-9-15)17(21)16-10-6-5-7-14(16)13-23-18-19-11-12-22-18/h5-7,10,15H,2-4,8-9,11-13H2,1H3. The Hall–Kier alpha value is -0.940. The third kappa shape index (κ3) is 4.32.